The molecule has 0 heterocycles. The van der Waals surface area contributed by atoms with Gasteiger partial charge in [0.15, 0.2) is 0 Å². The summed E-state index contributed by atoms with van der Waals surface area (Å²) in [5.41, 5.74) is 0. The third-order valence-electron chi connectivity index (χ3n) is 3.77. The number of allylic oxidation sites excluding steroid dienone is 1. The summed E-state index contributed by atoms with van der Waals surface area (Å²) in [5.74, 6) is 1.59. The summed E-state index contributed by atoms with van der Waals surface area (Å²) in [6.45, 7) is 5.71. The van der Waals surface area contributed by atoms with Gasteiger partial charge in [0.1, 0.15) is 5.75 Å². The highest BCUT2D eigenvalue weighted by Gasteiger charge is 2.11. The van der Waals surface area contributed by atoms with Gasteiger partial charge in [0.2, 0.25) is 0 Å². The summed E-state index contributed by atoms with van der Waals surface area (Å²) in [4.78, 5) is 0. The van der Waals surface area contributed by atoms with Crippen molar-refractivity contribution in [2.75, 3.05) is 0 Å². The Morgan fingerprint density at radius 1 is 0.800 bits per heavy atom. The fourth-order valence-corrected chi connectivity index (χ4v) is 2.99. The van der Waals surface area contributed by atoms with Crippen molar-refractivity contribution < 1.29 is 4.74 Å². The average molecular weight is 258 g/mol. The van der Waals surface area contributed by atoms with Crippen molar-refractivity contribution in [3.05, 3.63) is 66.9 Å². The molecule has 0 amide bonds. The van der Waals surface area contributed by atoms with Crippen LogP contribution in [0.1, 0.15) is 6.92 Å². The summed E-state index contributed by atoms with van der Waals surface area (Å²) in [6, 6.07) is 19.2. The van der Waals surface area contributed by atoms with Gasteiger partial charge in [0.25, 0.3) is 0 Å². The second-order valence-corrected chi connectivity index (χ2v) is 5.22. The molecule has 0 aromatic heterocycles. The molecule has 1 nitrogen and oxygen atoms in total. The van der Waals surface area contributed by atoms with Crippen LogP contribution in [0.2, 0.25) is 0 Å². The van der Waals surface area contributed by atoms with E-state index >= 15 is 0 Å². The molecule has 0 saturated heterocycles. The molecule has 0 radical (unpaired) electrons. The summed E-state index contributed by atoms with van der Waals surface area (Å²) in [7, 11) is 0. The Labute approximate surface area is 117 Å². The van der Waals surface area contributed by atoms with E-state index in [1.807, 2.05) is 13.0 Å². The summed E-state index contributed by atoms with van der Waals surface area (Å²) < 4.78 is 5.78. The van der Waals surface area contributed by atoms with E-state index in [4.69, 9.17) is 4.74 Å². The van der Waals surface area contributed by atoms with Crippen molar-refractivity contribution in [2.45, 2.75) is 6.92 Å². The van der Waals surface area contributed by atoms with E-state index in [1.165, 1.54) is 26.9 Å². The molecule has 0 saturated carbocycles. The molecule has 4 aromatic rings. The third-order valence-corrected chi connectivity index (χ3v) is 3.77. The largest absolute Gasteiger partial charge is 0.462 e. The molecule has 4 rings (SSSR count). The molecular formula is C19H14O. The molecule has 0 fully saturated rings. The predicted molar refractivity (Wildman–Crippen MR) is 85.6 cm³/mol. The van der Waals surface area contributed by atoms with Crippen LogP contribution in [0.5, 0.6) is 5.75 Å². The summed E-state index contributed by atoms with van der Waals surface area (Å²) >= 11 is 0. The number of hydrogen-bond donors (Lipinski definition) is 0. The zero-order valence-electron chi connectivity index (χ0n) is 11.3. The Hall–Kier alpha value is -2.54. The molecule has 4 aromatic carbocycles. The predicted octanol–water partition coefficient (Wildman–Crippen LogP) is 5.50. The van der Waals surface area contributed by atoms with Crippen LogP contribution in [-0.2, 0) is 0 Å². The smallest absolute Gasteiger partial charge is 0.134 e. The average Bonchev–Trinajstić information content (AvgIpc) is 2.46. The fraction of sp³-hybridized carbons (Fsp3) is 0.0526. The first-order valence-electron chi connectivity index (χ1n) is 6.74. The molecule has 20 heavy (non-hydrogen) atoms. The molecule has 0 aliphatic rings. The van der Waals surface area contributed by atoms with Crippen LogP contribution in [0, 0.1) is 0 Å². The summed E-state index contributed by atoms with van der Waals surface area (Å²) in [5, 5.41) is 7.53. The topological polar surface area (TPSA) is 9.23 Å². The first-order chi connectivity index (χ1) is 9.74. The third kappa shape index (κ3) is 1.50. The molecule has 0 aliphatic heterocycles. The lowest BCUT2D eigenvalue weighted by Crippen LogP contribution is -1.91. The van der Waals surface area contributed by atoms with Crippen molar-refractivity contribution in [1.29, 1.82) is 0 Å². The molecule has 0 N–H and O–H groups in total. The van der Waals surface area contributed by atoms with Crippen LogP contribution in [0.25, 0.3) is 32.3 Å². The minimum atomic E-state index is 0.708. The zero-order valence-corrected chi connectivity index (χ0v) is 11.3. The van der Waals surface area contributed by atoms with Crippen molar-refractivity contribution in [3.63, 3.8) is 0 Å². The van der Waals surface area contributed by atoms with Gasteiger partial charge >= 0.3 is 0 Å². The second-order valence-electron chi connectivity index (χ2n) is 5.22. The fourth-order valence-electron chi connectivity index (χ4n) is 2.99. The number of rotatable bonds is 2. The normalized spacial score (nSPS) is 11.4. The standard InChI is InChI=1S/C19H14O/c1-12(2)20-17-11-9-15-7-6-13-4-3-5-14-8-10-16(17)19(15)18(13)14/h3-11H,1H2,2H3. The summed E-state index contributed by atoms with van der Waals surface area (Å²) in [6.07, 6.45) is 0. The van der Waals surface area contributed by atoms with E-state index in [2.05, 4.69) is 55.1 Å². The van der Waals surface area contributed by atoms with E-state index in [9.17, 15) is 0 Å². The molecule has 0 bridgehead atoms. The van der Waals surface area contributed by atoms with E-state index in [1.54, 1.807) is 0 Å². The molecule has 0 spiro atoms. The van der Waals surface area contributed by atoms with Crippen molar-refractivity contribution in [2.24, 2.45) is 0 Å². The van der Waals surface area contributed by atoms with Crippen LogP contribution in [0.4, 0.5) is 0 Å². The minimum Gasteiger partial charge on any atom is -0.462 e. The maximum atomic E-state index is 5.78. The minimum absolute atomic E-state index is 0.708. The maximum Gasteiger partial charge on any atom is 0.134 e. The highest BCUT2D eigenvalue weighted by Crippen LogP contribution is 2.38. The number of ether oxygens (including phenoxy) is 1. The SMILES string of the molecule is C=C(C)Oc1ccc2ccc3cccc4ccc1c2c34. The van der Waals surface area contributed by atoms with Crippen LogP contribution < -0.4 is 4.74 Å². The highest BCUT2D eigenvalue weighted by atomic mass is 16.5. The number of hydrogen-bond acceptors (Lipinski definition) is 1. The zero-order chi connectivity index (χ0) is 13.7. The van der Waals surface area contributed by atoms with Gasteiger partial charge in [-0.25, -0.2) is 0 Å². The molecule has 1 heteroatoms. The Morgan fingerprint density at radius 2 is 1.40 bits per heavy atom. The molecular weight excluding hydrogens is 244 g/mol. The monoisotopic (exact) mass is 258 g/mol. The van der Waals surface area contributed by atoms with Gasteiger partial charge in [-0.05, 0) is 40.6 Å². The van der Waals surface area contributed by atoms with Gasteiger partial charge in [-0.15, -0.1) is 0 Å². The first kappa shape index (κ1) is 11.3. The van der Waals surface area contributed by atoms with Crippen LogP contribution in [0.3, 0.4) is 0 Å². The van der Waals surface area contributed by atoms with E-state index in [0.717, 1.165) is 11.1 Å². The van der Waals surface area contributed by atoms with Crippen molar-refractivity contribution in [3.8, 4) is 5.75 Å². The Morgan fingerprint density at radius 3 is 2.10 bits per heavy atom. The Balaban J connectivity index is 2.23. The first-order valence-corrected chi connectivity index (χ1v) is 6.74. The van der Waals surface area contributed by atoms with Crippen LogP contribution in [-0.4, -0.2) is 0 Å². The van der Waals surface area contributed by atoms with Gasteiger partial charge in [0, 0.05) is 10.8 Å². The Kier molecular flexibility index (Phi) is 2.25. The van der Waals surface area contributed by atoms with E-state index in [0.29, 0.717) is 5.76 Å². The molecule has 96 valence electrons. The quantitative estimate of drug-likeness (QED) is 0.341. The Bertz CT molecular complexity index is 934. The van der Waals surface area contributed by atoms with Gasteiger partial charge in [-0.2, -0.15) is 0 Å². The van der Waals surface area contributed by atoms with Gasteiger partial charge in [0.05, 0.1) is 5.76 Å². The lowest BCUT2D eigenvalue weighted by atomic mass is 9.94. The second kappa shape index (κ2) is 3.97. The molecule has 0 unspecified atom stereocenters. The van der Waals surface area contributed by atoms with Crippen molar-refractivity contribution >= 4 is 32.3 Å². The lowest BCUT2D eigenvalue weighted by molar-refractivity contribution is 0.435. The highest BCUT2D eigenvalue weighted by molar-refractivity contribution is 6.24. The van der Waals surface area contributed by atoms with Gasteiger partial charge in [-0.1, -0.05) is 49.0 Å². The van der Waals surface area contributed by atoms with Gasteiger partial charge < -0.3 is 4.74 Å². The maximum absolute atomic E-state index is 5.78. The number of benzene rings is 4. The van der Waals surface area contributed by atoms with Gasteiger partial charge in [-0.3, -0.25) is 0 Å². The van der Waals surface area contributed by atoms with Crippen LogP contribution >= 0.6 is 0 Å². The molecule has 0 aliphatic carbocycles. The van der Waals surface area contributed by atoms with E-state index < -0.39 is 0 Å². The van der Waals surface area contributed by atoms with Crippen molar-refractivity contribution in [1.82, 2.24) is 0 Å². The lowest BCUT2D eigenvalue weighted by Gasteiger charge is -2.14. The van der Waals surface area contributed by atoms with E-state index in [-0.39, 0.29) is 0 Å². The molecule has 0 atom stereocenters. The van der Waals surface area contributed by atoms with Crippen LogP contribution in [0.15, 0.2) is 66.9 Å².